The van der Waals surface area contributed by atoms with Crippen LogP contribution in [0.3, 0.4) is 0 Å². The number of ether oxygens (including phenoxy) is 1. The standard InChI is InChI=1S/C45H74N2O7/c1-4-7-27-10-13-30-26(2)40(54-37(30)14-11-27)41(51)42(3,52)38-18-21-45(53)32-22-34(48)33-23-35(49)36(50)24-43(33,19-16-28-12-15-39(46)47-25-28)31(32)17-20-44(38,45)29-8-5-6-9-29/h22,26-31,33,35-41,47,49-53H,4-21,23-25,46H2,1-3H3/p+1/t26-,27-,28?,30+,31+,33+,35+,36-,37+,38-,39?,40+,41+,42+,43+,44-,45-/m0/s1. The van der Waals surface area contributed by atoms with Crippen LogP contribution < -0.4 is 11.1 Å². The van der Waals surface area contributed by atoms with E-state index in [1.54, 1.807) is 6.08 Å². The molecule has 54 heavy (non-hydrogen) atoms. The lowest BCUT2D eigenvalue weighted by Gasteiger charge is -2.64. The molecule has 8 aliphatic rings. The summed E-state index contributed by atoms with van der Waals surface area (Å²) in [6.45, 7) is 7.29. The van der Waals surface area contributed by atoms with E-state index in [0.29, 0.717) is 31.1 Å². The summed E-state index contributed by atoms with van der Waals surface area (Å²) in [5, 5.41) is 63.5. The molecule has 17 atom stereocenters. The first-order valence-electron chi connectivity index (χ1n) is 22.8. The Hall–Kier alpha value is -0.910. The van der Waals surface area contributed by atoms with Gasteiger partial charge in [0, 0.05) is 23.7 Å². The third kappa shape index (κ3) is 6.26. The fourth-order valence-electron chi connectivity index (χ4n) is 15.5. The van der Waals surface area contributed by atoms with Crippen LogP contribution in [0, 0.1) is 58.2 Å². The van der Waals surface area contributed by atoms with Gasteiger partial charge in [0.2, 0.25) is 0 Å². The first-order chi connectivity index (χ1) is 25.8. The van der Waals surface area contributed by atoms with Crippen molar-refractivity contribution in [2.75, 3.05) is 6.54 Å². The molecule has 0 amide bonds. The van der Waals surface area contributed by atoms with Crippen molar-refractivity contribution in [3.63, 3.8) is 0 Å². The van der Waals surface area contributed by atoms with Crippen LogP contribution in [0.25, 0.3) is 0 Å². The van der Waals surface area contributed by atoms with Gasteiger partial charge in [-0.05, 0) is 149 Å². The molecule has 0 radical (unpaired) electrons. The Morgan fingerprint density at radius 3 is 2.43 bits per heavy atom. The summed E-state index contributed by atoms with van der Waals surface area (Å²) in [7, 11) is 0. The first-order valence-corrected chi connectivity index (χ1v) is 22.8. The van der Waals surface area contributed by atoms with E-state index in [1.807, 2.05) is 6.92 Å². The van der Waals surface area contributed by atoms with Crippen molar-refractivity contribution in [3.8, 4) is 0 Å². The number of aliphatic hydroxyl groups excluding tert-OH is 3. The summed E-state index contributed by atoms with van der Waals surface area (Å²) in [4.78, 5) is 14.5. The largest absolute Gasteiger partial charge is 0.390 e. The average molecular weight is 756 g/mol. The molecule has 5 saturated carbocycles. The topological polar surface area (TPSA) is 170 Å². The maximum Gasteiger partial charge on any atom is 0.159 e. The van der Waals surface area contributed by atoms with Gasteiger partial charge in [0.25, 0.3) is 0 Å². The number of piperidine rings is 1. The molecular weight excluding hydrogens is 681 g/mol. The Labute approximate surface area is 324 Å². The van der Waals surface area contributed by atoms with Gasteiger partial charge in [0.15, 0.2) is 5.78 Å². The quantitative estimate of drug-likeness (QED) is 0.181. The Morgan fingerprint density at radius 2 is 1.70 bits per heavy atom. The van der Waals surface area contributed by atoms with Gasteiger partial charge in [0.05, 0.1) is 42.2 Å². The number of hydrogen-bond donors (Lipinski definition) is 7. The minimum Gasteiger partial charge on any atom is -0.390 e. The molecule has 9 N–H and O–H groups in total. The SMILES string of the molecule is CCC[C@H]1CC[C@@H]2[C@H](C)[C@H]([C@@H](O)[C@](C)(O)[C@@H]3CC[C@]4(O)C5=CC(=O)[C@H]6C[C@@H](O)[C@@H](O)C[C@]6(CCC6CCC(N)[NH2+]C6)[C@@H]5CC[C@]34C3CCCC3)O[C@@H]2CC1. The van der Waals surface area contributed by atoms with Crippen LogP contribution >= 0.6 is 0 Å². The molecule has 306 valence electrons. The Morgan fingerprint density at radius 1 is 0.963 bits per heavy atom. The summed E-state index contributed by atoms with van der Waals surface area (Å²) in [5.74, 6) is 1.12. The summed E-state index contributed by atoms with van der Waals surface area (Å²) in [6, 6.07) is 0. The summed E-state index contributed by atoms with van der Waals surface area (Å²) in [6.07, 6.45) is 16.7. The van der Waals surface area contributed by atoms with Gasteiger partial charge in [-0.3, -0.25) is 10.5 Å². The fraction of sp³-hybridized carbons (Fsp3) is 0.933. The molecule has 2 aliphatic heterocycles. The van der Waals surface area contributed by atoms with E-state index in [-0.39, 0.29) is 54.1 Å². The van der Waals surface area contributed by atoms with Gasteiger partial charge in [0.1, 0.15) is 12.3 Å². The molecule has 0 aromatic carbocycles. The number of ketones is 1. The molecule has 6 aliphatic carbocycles. The summed E-state index contributed by atoms with van der Waals surface area (Å²) >= 11 is 0. The number of carbonyl (C=O) groups is 1. The van der Waals surface area contributed by atoms with Crippen molar-refractivity contribution in [1.82, 2.24) is 0 Å². The maximum atomic E-state index is 14.5. The van der Waals surface area contributed by atoms with Crippen LogP contribution in [0.5, 0.6) is 0 Å². The van der Waals surface area contributed by atoms with Crippen molar-refractivity contribution in [1.29, 1.82) is 0 Å². The van der Waals surface area contributed by atoms with E-state index in [4.69, 9.17) is 10.5 Å². The first kappa shape index (κ1) is 39.9. The number of allylic oxidation sites excluding steroid dienone is 1. The van der Waals surface area contributed by atoms with Crippen LogP contribution in [-0.2, 0) is 9.53 Å². The third-order valence-electron chi connectivity index (χ3n) is 18.3. The van der Waals surface area contributed by atoms with E-state index in [2.05, 4.69) is 19.2 Å². The van der Waals surface area contributed by atoms with Crippen molar-refractivity contribution in [3.05, 3.63) is 11.6 Å². The minimum atomic E-state index is -1.49. The van der Waals surface area contributed by atoms with E-state index in [0.717, 1.165) is 95.1 Å². The highest BCUT2D eigenvalue weighted by molar-refractivity contribution is 5.95. The molecular formula is C45H75N2O7+. The number of quaternary nitrogens is 1. The lowest BCUT2D eigenvalue weighted by Crippen LogP contribution is -2.95. The molecule has 9 nitrogen and oxygen atoms in total. The molecule has 2 unspecified atom stereocenters. The van der Waals surface area contributed by atoms with Gasteiger partial charge in [-0.2, -0.15) is 0 Å². The predicted molar refractivity (Wildman–Crippen MR) is 207 cm³/mol. The lowest BCUT2D eigenvalue weighted by atomic mass is 9.42. The fourth-order valence-corrected chi connectivity index (χ4v) is 15.5. The molecule has 2 heterocycles. The van der Waals surface area contributed by atoms with Gasteiger partial charge in [-0.15, -0.1) is 0 Å². The number of carbonyl (C=O) groups excluding carboxylic acids is 1. The minimum absolute atomic E-state index is 0.0109. The zero-order valence-corrected chi connectivity index (χ0v) is 33.7. The van der Waals surface area contributed by atoms with Gasteiger partial charge in [-0.25, -0.2) is 0 Å². The summed E-state index contributed by atoms with van der Waals surface area (Å²) < 4.78 is 6.80. The van der Waals surface area contributed by atoms with Gasteiger partial charge < -0.3 is 35.6 Å². The van der Waals surface area contributed by atoms with E-state index in [1.165, 1.54) is 25.7 Å². The second-order valence-electron chi connectivity index (χ2n) is 20.7. The van der Waals surface area contributed by atoms with Crippen molar-refractivity contribution >= 4 is 5.78 Å². The van der Waals surface area contributed by atoms with E-state index in [9.17, 15) is 30.3 Å². The summed E-state index contributed by atoms with van der Waals surface area (Å²) in [5.41, 5.74) is 3.07. The van der Waals surface area contributed by atoms with E-state index < -0.39 is 46.4 Å². The van der Waals surface area contributed by atoms with Crippen LogP contribution in [0.4, 0.5) is 0 Å². The van der Waals surface area contributed by atoms with Gasteiger partial charge >= 0.3 is 0 Å². The van der Waals surface area contributed by atoms with Crippen molar-refractivity contribution in [2.24, 2.45) is 63.9 Å². The normalized spacial score (nSPS) is 49.9. The second kappa shape index (κ2) is 15.0. The molecule has 0 spiro atoms. The zero-order valence-electron chi connectivity index (χ0n) is 33.7. The Kier molecular flexibility index (Phi) is 11.1. The van der Waals surface area contributed by atoms with Crippen molar-refractivity contribution < 1.29 is 40.4 Å². The Bertz CT molecular complexity index is 1390. The molecule has 8 rings (SSSR count). The molecule has 0 bridgehead atoms. The number of nitrogens with two attached hydrogens (primary N) is 2. The molecule has 9 heteroatoms. The van der Waals surface area contributed by atoms with Crippen LogP contribution in [0.15, 0.2) is 11.6 Å². The number of fused-ring (bicyclic) bond motifs is 6. The monoisotopic (exact) mass is 756 g/mol. The number of hydrogen-bond acceptors (Lipinski definition) is 8. The Balaban J connectivity index is 1.11. The van der Waals surface area contributed by atoms with Crippen LogP contribution in [-0.4, -0.2) is 85.7 Å². The second-order valence-corrected chi connectivity index (χ2v) is 20.7. The van der Waals surface area contributed by atoms with Crippen LogP contribution in [0.1, 0.15) is 149 Å². The van der Waals surface area contributed by atoms with Crippen molar-refractivity contribution in [2.45, 2.75) is 197 Å². The lowest BCUT2D eigenvalue weighted by molar-refractivity contribution is -0.703. The number of rotatable bonds is 9. The highest BCUT2D eigenvalue weighted by Crippen LogP contribution is 2.73. The maximum absolute atomic E-state index is 14.5. The zero-order chi connectivity index (χ0) is 38.2. The number of aliphatic hydroxyl groups is 5. The highest BCUT2D eigenvalue weighted by atomic mass is 16.5. The van der Waals surface area contributed by atoms with E-state index >= 15 is 0 Å². The predicted octanol–water partition coefficient (Wildman–Crippen LogP) is 4.50. The molecule has 7 fully saturated rings. The molecule has 0 aromatic heterocycles. The van der Waals surface area contributed by atoms with Gasteiger partial charge in [-0.1, -0.05) is 46.0 Å². The van der Waals surface area contributed by atoms with Crippen LogP contribution in [0.2, 0.25) is 0 Å². The molecule has 0 aromatic rings. The smallest absolute Gasteiger partial charge is 0.159 e. The highest BCUT2D eigenvalue weighted by Gasteiger charge is 2.73. The third-order valence-corrected chi connectivity index (χ3v) is 18.3. The molecule has 2 saturated heterocycles. The average Bonchev–Trinajstić information content (AvgIpc) is 3.84.